The maximum atomic E-state index is 13.6. The van der Waals surface area contributed by atoms with E-state index in [1.807, 2.05) is 19.1 Å². The minimum absolute atomic E-state index is 0.0792. The molecule has 0 fully saturated rings. The number of anilines is 2. The van der Waals surface area contributed by atoms with Crippen molar-refractivity contribution in [1.29, 1.82) is 0 Å². The number of carbonyl (C=O) groups excluding carboxylic acids is 1. The number of methoxy groups -OCH3 is 1. The minimum Gasteiger partial charge on any atom is -0.495 e. The summed E-state index contributed by atoms with van der Waals surface area (Å²) in [5.41, 5.74) is 2.54. The summed E-state index contributed by atoms with van der Waals surface area (Å²) in [4.78, 5) is 12.7. The predicted octanol–water partition coefficient (Wildman–Crippen LogP) is 4.54. The van der Waals surface area contributed by atoms with Gasteiger partial charge >= 0.3 is 0 Å². The average Bonchev–Trinajstić information content (AvgIpc) is 2.78. The highest BCUT2D eigenvalue weighted by molar-refractivity contribution is 7.93. The Morgan fingerprint density at radius 2 is 1.69 bits per heavy atom. The number of carbonyl (C=O) groups is 1. The smallest absolute Gasteiger partial charge is 0.268 e. The maximum Gasteiger partial charge on any atom is 0.268 e. The largest absolute Gasteiger partial charge is 0.495 e. The van der Waals surface area contributed by atoms with Crippen LogP contribution in [0.15, 0.2) is 71.6 Å². The molecule has 0 saturated carbocycles. The molecule has 0 saturated heterocycles. The third-order valence-corrected chi connectivity index (χ3v) is 6.73. The molecule has 0 bridgehead atoms. The molecule has 3 aromatic carbocycles. The van der Waals surface area contributed by atoms with Gasteiger partial charge in [-0.1, -0.05) is 25.1 Å². The zero-order valence-electron chi connectivity index (χ0n) is 18.1. The van der Waals surface area contributed by atoms with E-state index in [-0.39, 0.29) is 16.3 Å². The summed E-state index contributed by atoms with van der Waals surface area (Å²) in [6.45, 7) is 3.28. The van der Waals surface area contributed by atoms with Crippen LogP contribution in [0.2, 0.25) is 0 Å². The number of hydrogen-bond donors (Lipinski definition) is 1. The fraction of sp³-hybridized carbons (Fsp3) is 0.208. The summed E-state index contributed by atoms with van der Waals surface area (Å²) < 4.78 is 46.9. The van der Waals surface area contributed by atoms with E-state index in [0.717, 1.165) is 28.4 Å². The van der Waals surface area contributed by atoms with Crippen LogP contribution in [0.3, 0.4) is 0 Å². The average molecular weight is 457 g/mol. The van der Waals surface area contributed by atoms with E-state index >= 15 is 0 Å². The lowest BCUT2D eigenvalue weighted by Gasteiger charge is -2.25. The van der Waals surface area contributed by atoms with Crippen LogP contribution in [0.5, 0.6) is 5.75 Å². The Balaban J connectivity index is 1.97. The monoisotopic (exact) mass is 456 g/mol. The summed E-state index contributed by atoms with van der Waals surface area (Å²) in [7, 11) is -2.83. The van der Waals surface area contributed by atoms with E-state index in [1.54, 1.807) is 31.2 Å². The second-order valence-electron chi connectivity index (χ2n) is 7.24. The molecule has 6 nitrogen and oxygen atoms in total. The molecule has 3 rings (SSSR count). The van der Waals surface area contributed by atoms with Crippen molar-refractivity contribution in [3.05, 3.63) is 83.7 Å². The molecule has 0 aliphatic rings. The van der Waals surface area contributed by atoms with Crippen LogP contribution in [-0.4, -0.2) is 28.0 Å². The van der Waals surface area contributed by atoms with E-state index in [9.17, 15) is 17.6 Å². The Morgan fingerprint density at radius 1 is 1.03 bits per heavy atom. The van der Waals surface area contributed by atoms with Crippen LogP contribution in [0.25, 0.3) is 0 Å². The lowest BCUT2D eigenvalue weighted by molar-refractivity contribution is -0.114. The lowest BCUT2D eigenvalue weighted by atomic mass is 10.1. The first-order chi connectivity index (χ1) is 15.2. The van der Waals surface area contributed by atoms with E-state index < -0.39 is 28.3 Å². The van der Waals surface area contributed by atoms with E-state index in [1.165, 1.54) is 25.3 Å². The normalized spacial score (nSPS) is 11.1. The number of rotatable bonds is 8. The number of ether oxygens (including phenoxy) is 1. The van der Waals surface area contributed by atoms with Crippen LogP contribution in [0.4, 0.5) is 15.8 Å². The highest BCUT2D eigenvalue weighted by atomic mass is 32.2. The SMILES string of the molecule is CCc1ccc(NC(=O)CN(c2ccc(F)cc2)S(=O)(=O)c2cc(C)ccc2OC)cc1. The molecular formula is C24H25FN2O4S. The second-order valence-corrected chi connectivity index (χ2v) is 9.07. The van der Waals surface area contributed by atoms with Crippen molar-refractivity contribution in [3.8, 4) is 5.75 Å². The van der Waals surface area contributed by atoms with Gasteiger partial charge in [-0.05, 0) is 73.0 Å². The minimum atomic E-state index is -4.21. The van der Waals surface area contributed by atoms with Crippen LogP contribution in [-0.2, 0) is 21.2 Å². The third-order valence-electron chi connectivity index (χ3n) is 4.93. The molecule has 0 unspecified atom stereocenters. The Bertz CT molecular complexity index is 1190. The van der Waals surface area contributed by atoms with E-state index in [4.69, 9.17) is 4.74 Å². The number of hydrogen-bond acceptors (Lipinski definition) is 4. The van der Waals surface area contributed by atoms with Gasteiger partial charge in [0.15, 0.2) is 0 Å². The molecule has 0 aromatic heterocycles. The fourth-order valence-electron chi connectivity index (χ4n) is 3.18. The number of sulfonamides is 1. The molecule has 1 N–H and O–H groups in total. The van der Waals surface area contributed by atoms with Crippen molar-refractivity contribution in [2.45, 2.75) is 25.2 Å². The summed E-state index contributed by atoms with van der Waals surface area (Å²) in [5.74, 6) is -0.897. The molecule has 0 atom stereocenters. The predicted molar refractivity (Wildman–Crippen MR) is 123 cm³/mol. The molecule has 1 amide bonds. The van der Waals surface area contributed by atoms with Crippen molar-refractivity contribution in [2.24, 2.45) is 0 Å². The molecule has 0 heterocycles. The maximum absolute atomic E-state index is 13.6. The lowest BCUT2D eigenvalue weighted by Crippen LogP contribution is -2.38. The van der Waals surface area contributed by atoms with Gasteiger partial charge in [0.1, 0.15) is 23.0 Å². The number of amides is 1. The second kappa shape index (κ2) is 9.82. The molecule has 3 aromatic rings. The molecule has 0 aliphatic carbocycles. The Hall–Kier alpha value is -3.39. The standard InChI is InChI=1S/C24H25FN2O4S/c1-4-18-6-10-20(11-7-18)26-24(28)16-27(21-12-8-19(25)9-13-21)32(29,30)23-15-17(2)5-14-22(23)31-3/h5-15H,4,16H2,1-3H3,(H,26,28). The fourth-order valence-corrected chi connectivity index (χ4v) is 4.85. The summed E-state index contributed by atoms with van der Waals surface area (Å²) in [6.07, 6.45) is 0.864. The number of halogens is 1. The zero-order chi connectivity index (χ0) is 23.3. The summed E-state index contributed by atoms with van der Waals surface area (Å²) >= 11 is 0. The topological polar surface area (TPSA) is 75.7 Å². The van der Waals surface area contributed by atoms with Gasteiger partial charge in [-0.25, -0.2) is 12.8 Å². The summed E-state index contributed by atoms with van der Waals surface area (Å²) in [5, 5.41) is 2.72. The van der Waals surface area contributed by atoms with Gasteiger partial charge in [-0.3, -0.25) is 9.10 Å². The third kappa shape index (κ3) is 5.26. The van der Waals surface area contributed by atoms with Crippen LogP contribution in [0, 0.1) is 12.7 Å². The number of benzene rings is 3. The molecule has 8 heteroatoms. The van der Waals surface area contributed by atoms with Gasteiger partial charge in [0.05, 0.1) is 12.8 Å². The first-order valence-electron chi connectivity index (χ1n) is 10.1. The van der Waals surface area contributed by atoms with Gasteiger partial charge in [0.2, 0.25) is 5.91 Å². The molecule has 32 heavy (non-hydrogen) atoms. The molecule has 0 aliphatic heterocycles. The van der Waals surface area contributed by atoms with Crippen molar-refractivity contribution in [2.75, 3.05) is 23.3 Å². The van der Waals surface area contributed by atoms with E-state index in [2.05, 4.69) is 5.32 Å². The van der Waals surface area contributed by atoms with Crippen molar-refractivity contribution in [1.82, 2.24) is 0 Å². The number of aryl methyl sites for hydroxylation is 2. The van der Waals surface area contributed by atoms with Crippen LogP contribution < -0.4 is 14.4 Å². The molecule has 0 spiro atoms. The highest BCUT2D eigenvalue weighted by Gasteiger charge is 2.30. The van der Waals surface area contributed by atoms with Crippen molar-refractivity contribution < 1.29 is 22.3 Å². The number of nitrogens with one attached hydrogen (secondary N) is 1. The van der Waals surface area contributed by atoms with Gasteiger partial charge in [-0.2, -0.15) is 0 Å². The van der Waals surface area contributed by atoms with Crippen LogP contribution >= 0.6 is 0 Å². The van der Waals surface area contributed by atoms with Gasteiger partial charge in [-0.15, -0.1) is 0 Å². The molecule has 168 valence electrons. The zero-order valence-corrected chi connectivity index (χ0v) is 18.9. The van der Waals surface area contributed by atoms with Gasteiger partial charge in [0, 0.05) is 5.69 Å². The number of nitrogens with zero attached hydrogens (tertiary/aromatic N) is 1. The van der Waals surface area contributed by atoms with E-state index in [0.29, 0.717) is 11.3 Å². The molecular weight excluding hydrogens is 431 g/mol. The first-order valence-corrected chi connectivity index (χ1v) is 11.5. The van der Waals surface area contributed by atoms with Gasteiger partial charge in [0.25, 0.3) is 10.0 Å². The van der Waals surface area contributed by atoms with Gasteiger partial charge < -0.3 is 10.1 Å². The van der Waals surface area contributed by atoms with Crippen molar-refractivity contribution >= 4 is 27.3 Å². The quantitative estimate of drug-likeness (QED) is 0.540. The molecule has 0 radical (unpaired) electrons. The van der Waals surface area contributed by atoms with Crippen molar-refractivity contribution in [3.63, 3.8) is 0 Å². The Labute approximate surface area is 187 Å². The first kappa shape index (κ1) is 23.3. The Kier molecular flexibility index (Phi) is 7.15. The Morgan fingerprint density at radius 3 is 2.28 bits per heavy atom. The summed E-state index contributed by atoms with van der Waals surface area (Å²) in [6, 6.07) is 17.0. The highest BCUT2D eigenvalue weighted by Crippen LogP contribution is 2.31. The van der Waals surface area contributed by atoms with Crippen LogP contribution in [0.1, 0.15) is 18.1 Å².